The van der Waals surface area contributed by atoms with Gasteiger partial charge in [-0.25, -0.2) is 9.18 Å². The number of nitrogens with one attached hydrogen (secondary N) is 2. The van der Waals surface area contributed by atoms with E-state index in [2.05, 4.69) is 10.6 Å². The maximum absolute atomic E-state index is 13.2. The first-order valence-electron chi connectivity index (χ1n) is 6.55. The minimum Gasteiger partial charge on any atom is -0.394 e. The number of hydrogen-bond donors (Lipinski definition) is 3. The Morgan fingerprint density at radius 1 is 1.38 bits per heavy atom. The molecular weight excluding hydrogens is 279 g/mol. The number of benzene rings is 1. The molecule has 0 spiro atoms. The van der Waals surface area contributed by atoms with E-state index in [1.807, 2.05) is 0 Å². The lowest BCUT2D eigenvalue weighted by Gasteiger charge is -2.17. The number of amides is 2. The van der Waals surface area contributed by atoms with Gasteiger partial charge in [0, 0.05) is 32.1 Å². The predicted molar refractivity (Wildman–Crippen MR) is 76.6 cm³/mol. The van der Waals surface area contributed by atoms with E-state index in [0.29, 0.717) is 24.3 Å². The molecule has 6 nitrogen and oxygen atoms in total. The molecular formula is C14H21FN2O4. The van der Waals surface area contributed by atoms with Crippen molar-refractivity contribution in [1.82, 2.24) is 5.32 Å². The number of carbonyl (C=O) groups is 1. The van der Waals surface area contributed by atoms with Crippen LogP contribution >= 0.6 is 0 Å². The molecule has 0 saturated carbocycles. The van der Waals surface area contributed by atoms with E-state index in [1.54, 1.807) is 7.11 Å². The van der Waals surface area contributed by atoms with Crippen molar-refractivity contribution in [2.24, 2.45) is 0 Å². The molecule has 0 aromatic heterocycles. The minimum absolute atomic E-state index is 0.181. The van der Waals surface area contributed by atoms with Crippen LogP contribution in [-0.4, -0.2) is 44.6 Å². The second-order valence-electron chi connectivity index (χ2n) is 4.49. The van der Waals surface area contributed by atoms with Gasteiger partial charge in [-0.2, -0.15) is 0 Å². The van der Waals surface area contributed by atoms with E-state index >= 15 is 0 Å². The molecule has 0 radical (unpaired) electrons. The molecule has 1 rings (SSSR count). The largest absolute Gasteiger partial charge is 0.394 e. The summed E-state index contributed by atoms with van der Waals surface area (Å²) in [6, 6.07) is 3.13. The summed E-state index contributed by atoms with van der Waals surface area (Å²) < 4.78 is 23.0. The first-order valence-corrected chi connectivity index (χ1v) is 6.55. The highest BCUT2D eigenvalue weighted by atomic mass is 19.1. The SMILES string of the molecule is COCCC(CO)NC(=O)Nc1ccc(F)cc1COC. The fraction of sp³-hybridized carbons (Fsp3) is 0.500. The van der Waals surface area contributed by atoms with Crippen LogP contribution in [0.2, 0.25) is 0 Å². The number of rotatable bonds is 8. The van der Waals surface area contributed by atoms with Crippen molar-refractivity contribution in [3.05, 3.63) is 29.6 Å². The molecule has 1 unspecified atom stereocenters. The smallest absolute Gasteiger partial charge is 0.319 e. The molecule has 0 aliphatic rings. The molecule has 7 heteroatoms. The fourth-order valence-electron chi connectivity index (χ4n) is 1.77. The Kier molecular flexibility index (Phi) is 7.66. The average molecular weight is 300 g/mol. The second-order valence-corrected chi connectivity index (χ2v) is 4.49. The zero-order chi connectivity index (χ0) is 15.7. The molecule has 0 heterocycles. The molecule has 21 heavy (non-hydrogen) atoms. The second kappa shape index (κ2) is 9.28. The summed E-state index contributed by atoms with van der Waals surface area (Å²) in [7, 11) is 3.03. The quantitative estimate of drug-likeness (QED) is 0.679. The summed E-state index contributed by atoms with van der Waals surface area (Å²) in [5, 5.41) is 14.4. The van der Waals surface area contributed by atoms with Crippen molar-refractivity contribution in [2.75, 3.05) is 32.8 Å². The Morgan fingerprint density at radius 3 is 2.76 bits per heavy atom. The van der Waals surface area contributed by atoms with Gasteiger partial charge in [0.1, 0.15) is 5.82 Å². The van der Waals surface area contributed by atoms with Gasteiger partial charge >= 0.3 is 6.03 Å². The van der Waals surface area contributed by atoms with Gasteiger partial charge in [0.25, 0.3) is 0 Å². The Labute approximate surface area is 123 Å². The average Bonchev–Trinajstić information content (AvgIpc) is 2.46. The molecule has 0 saturated heterocycles. The van der Waals surface area contributed by atoms with Gasteiger partial charge in [-0.3, -0.25) is 0 Å². The molecule has 1 atom stereocenters. The molecule has 0 aliphatic heterocycles. The molecule has 0 aliphatic carbocycles. The number of halogens is 1. The van der Waals surface area contributed by atoms with Crippen LogP contribution in [-0.2, 0) is 16.1 Å². The Bertz CT molecular complexity index is 457. The van der Waals surface area contributed by atoms with E-state index in [1.165, 1.54) is 25.3 Å². The summed E-state index contributed by atoms with van der Waals surface area (Å²) in [5.41, 5.74) is 0.990. The molecule has 1 aromatic rings. The van der Waals surface area contributed by atoms with Crippen LogP contribution in [0.4, 0.5) is 14.9 Å². The van der Waals surface area contributed by atoms with E-state index in [-0.39, 0.29) is 13.2 Å². The summed E-state index contributed by atoms with van der Waals surface area (Å²) in [6.07, 6.45) is 0.495. The van der Waals surface area contributed by atoms with Gasteiger partial charge in [-0.15, -0.1) is 0 Å². The zero-order valence-electron chi connectivity index (χ0n) is 12.2. The third-order valence-corrected chi connectivity index (χ3v) is 2.84. The van der Waals surface area contributed by atoms with Crippen molar-refractivity contribution in [2.45, 2.75) is 19.1 Å². The lowest BCUT2D eigenvalue weighted by atomic mass is 10.2. The van der Waals surface area contributed by atoms with E-state index in [4.69, 9.17) is 9.47 Å². The van der Waals surface area contributed by atoms with Gasteiger partial charge in [0.2, 0.25) is 0 Å². The monoisotopic (exact) mass is 300 g/mol. The number of anilines is 1. The summed E-state index contributed by atoms with van der Waals surface area (Å²) in [6.45, 7) is 0.419. The van der Waals surface area contributed by atoms with Crippen molar-refractivity contribution < 1.29 is 23.8 Å². The first kappa shape index (κ1) is 17.4. The molecule has 118 valence electrons. The van der Waals surface area contributed by atoms with Crippen LogP contribution in [0.3, 0.4) is 0 Å². The van der Waals surface area contributed by atoms with Crippen molar-refractivity contribution in [3.63, 3.8) is 0 Å². The van der Waals surface area contributed by atoms with Crippen LogP contribution < -0.4 is 10.6 Å². The third-order valence-electron chi connectivity index (χ3n) is 2.84. The topological polar surface area (TPSA) is 79.8 Å². The van der Waals surface area contributed by atoms with Gasteiger partial charge < -0.3 is 25.2 Å². The van der Waals surface area contributed by atoms with Crippen LogP contribution in [0.5, 0.6) is 0 Å². The fourth-order valence-corrected chi connectivity index (χ4v) is 1.77. The van der Waals surface area contributed by atoms with Crippen LogP contribution in [0.25, 0.3) is 0 Å². The lowest BCUT2D eigenvalue weighted by molar-refractivity contribution is 0.161. The number of ether oxygens (including phenoxy) is 2. The highest BCUT2D eigenvalue weighted by Gasteiger charge is 2.13. The highest BCUT2D eigenvalue weighted by Crippen LogP contribution is 2.17. The Balaban J connectivity index is 2.65. The summed E-state index contributed by atoms with van der Waals surface area (Å²) in [4.78, 5) is 11.9. The van der Waals surface area contributed by atoms with Crippen molar-refractivity contribution >= 4 is 11.7 Å². The lowest BCUT2D eigenvalue weighted by Crippen LogP contribution is -2.41. The third kappa shape index (κ3) is 6.07. The van der Waals surface area contributed by atoms with E-state index < -0.39 is 17.9 Å². The Hall–Kier alpha value is -1.70. The number of hydrogen-bond acceptors (Lipinski definition) is 4. The van der Waals surface area contributed by atoms with Gasteiger partial charge in [-0.1, -0.05) is 0 Å². The standard InChI is InChI=1S/C14H21FN2O4/c1-20-6-5-12(8-18)16-14(19)17-13-4-3-11(15)7-10(13)9-21-2/h3-4,7,12,18H,5-6,8-9H2,1-2H3,(H2,16,17,19). The van der Waals surface area contributed by atoms with Crippen LogP contribution in [0, 0.1) is 5.82 Å². The minimum atomic E-state index is -0.478. The molecule has 2 amide bonds. The van der Waals surface area contributed by atoms with E-state index in [0.717, 1.165) is 0 Å². The van der Waals surface area contributed by atoms with Crippen molar-refractivity contribution in [1.29, 1.82) is 0 Å². The Morgan fingerprint density at radius 2 is 2.14 bits per heavy atom. The zero-order valence-corrected chi connectivity index (χ0v) is 12.2. The number of methoxy groups -OCH3 is 2. The summed E-state index contributed by atoms with van der Waals surface area (Å²) >= 11 is 0. The number of aliphatic hydroxyl groups is 1. The first-order chi connectivity index (χ1) is 10.1. The molecule has 1 aromatic carbocycles. The molecule has 0 fully saturated rings. The van der Waals surface area contributed by atoms with E-state index in [9.17, 15) is 14.3 Å². The maximum atomic E-state index is 13.2. The number of aliphatic hydroxyl groups excluding tert-OH is 1. The number of urea groups is 1. The normalized spacial score (nSPS) is 12.0. The number of carbonyl (C=O) groups excluding carboxylic acids is 1. The van der Waals surface area contributed by atoms with Crippen molar-refractivity contribution in [3.8, 4) is 0 Å². The van der Waals surface area contributed by atoms with Gasteiger partial charge in [0.15, 0.2) is 0 Å². The van der Waals surface area contributed by atoms with Crippen LogP contribution in [0.1, 0.15) is 12.0 Å². The summed E-state index contributed by atoms with van der Waals surface area (Å²) in [5.74, 6) is -0.402. The predicted octanol–water partition coefficient (Wildman–Crippen LogP) is 1.49. The van der Waals surface area contributed by atoms with Gasteiger partial charge in [0.05, 0.1) is 19.3 Å². The van der Waals surface area contributed by atoms with Gasteiger partial charge in [-0.05, 0) is 24.6 Å². The molecule has 0 bridgehead atoms. The highest BCUT2D eigenvalue weighted by molar-refractivity contribution is 5.90. The van der Waals surface area contributed by atoms with Crippen LogP contribution in [0.15, 0.2) is 18.2 Å². The maximum Gasteiger partial charge on any atom is 0.319 e. The molecule has 3 N–H and O–H groups in total.